The van der Waals surface area contributed by atoms with Crippen molar-refractivity contribution < 1.29 is 4.42 Å². The first kappa shape index (κ1) is 20.4. The third kappa shape index (κ3) is 5.39. The van der Waals surface area contributed by atoms with E-state index in [1.165, 1.54) is 11.1 Å². The number of nitrogens with zero attached hydrogens (tertiary/aromatic N) is 4. The number of rotatable bonds is 7. The van der Waals surface area contributed by atoms with Crippen LogP contribution in [-0.2, 0) is 19.6 Å². The molecule has 2 aromatic heterocycles. The molecule has 2 heterocycles. The Balaban J connectivity index is 1.31. The summed E-state index contributed by atoms with van der Waals surface area (Å²) in [5, 5.41) is 6.64. The normalized spacial score (nSPS) is 11.5. The molecule has 7 nitrogen and oxygen atoms in total. The Morgan fingerprint density at radius 2 is 1.84 bits per heavy atom. The summed E-state index contributed by atoms with van der Waals surface area (Å²) in [6, 6.07) is 18.4. The fraction of sp³-hybridized carbons (Fsp3) is 0.208. The predicted molar refractivity (Wildman–Crippen MR) is 121 cm³/mol. The average molecular weight is 415 g/mol. The van der Waals surface area contributed by atoms with Gasteiger partial charge in [0.25, 0.3) is 0 Å². The largest absolute Gasteiger partial charge is 0.444 e. The van der Waals surface area contributed by atoms with Gasteiger partial charge in [-0.2, -0.15) is 0 Å². The maximum atomic E-state index is 5.59. The van der Waals surface area contributed by atoms with E-state index in [0.717, 1.165) is 23.6 Å². The maximum Gasteiger partial charge on any atom is 0.226 e. The Kier molecular flexibility index (Phi) is 6.42. The van der Waals surface area contributed by atoms with E-state index in [4.69, 9.17) is 4.42 Å². The van der Waals surface area contributed by atoms with Gasteiger partial charge >= 0.3 is 0 Å². The second-order valence-electron chi connectivity index (χ2n) is 7.21. The van der Waals surface area contributed by atoms with Gasteiger partial charge in [0.05, 0.1) is 12.2 Å². The number of hydrogen-bond donors (Lipinski definition) is 2. The van der Waals surface area contributed by atoms with Crippen LogP contribution in [0.4, 0.5) is 0 Å². The van der Waals surface area contributed by atoms with E-state index < -0.39 is 0 Å². The van der Waals surface area contributed by atoms with E-state index in [-0.39, 0.29) is 0 Å². The molecule has 31 heavy (non-hydrogen) atoms. The minimum atomic E-state index is 0.524. The molecule has 158 valence electrons. The molecule has 0 radical (unpaired) electrons. The monoisotopic (exact) mass is 414 g/mol. The lowest BCUT2D eigenvalue weighted by molar-refractivity contribution is 0.572. The second-order valence-corrected chi connectivity index (χ2v) is 7.21. The molecule has 0 atom stereocenters. The average Bonchev–Trinajstić information content (AvgIpc) is 3.44. The minimum absolute atomic E-state index is 0.524. The highest BCUT2D eigenvalue weighted by atomic mass is 16.3. The zero-order chi connectivity index (χ0) is 21.5. The van der Waals surface area contributed by atoms with Gasteiger partial charge < -0.3 is 19.6 Å². The first-order chi connectivity index (χ1) is 15.2. The molecule has 2 aromatic carbocycles. The highest BCUT2D eigenvalue weighted by Crippen LogP contribution is 2.17. The zero-order valence-electron chi connectivity index (χ0n) is 17.7. The van der Waals surface area contributed by atoms with Crippen LogP contribution in [0.1, 0.15) is 22.6 Å². The van der Waals surface area contributed by atoms with Gasteiger partial charge in [-0.3, -0.25) is 4.99 Å². The smallest absolute Gasteiger partial charge is 0.226 e. The van der Waals surface area contributed by atoms with Gasteiger partial charge in [0.2, 0.25) is 5.89 Å². The molecule has 0 aliphatic rings. The molecule has 0 aliphatic carbocycles. The molecule has 4 rings (SSSR count). The fourth-order valence-corrected chi connectivity index (χ4v) is 3.29. The molecular formula is C24H26N6O. The van der Waals surface area contributed by atoms with Crippen LogP contribution in [0.2, 0.25) is 0 Å². The van der Waals surface area contributed by atoms with Crippen molar-refractivity contribution >= 4 is 5.96 Å². The highest BCUT2D eigenvalue weighted by Gasteiger charge is 2.07. The summed E-state index contributed by atoms with van der Waals surface area (Å²) in [5.74, 6) is 2.34. The molecule has 7 heteroatoms. The van der Waals surface area contributed by atoms with E-state index in [2.05, 4.69) is 54.4 Å². The summed E-state index contributed by atoms with van der Waals surface area (Å²) in [6.07, 6.45) is 5.50. The second kappa shape index (κ2) is 9.75. The summed E-state index contributed by atoms with van der Waals surface area (Å²) in [4.78, 5) is 13.1. The predicted octanol–water partition coefficient (Wildman–Crippen LogP) is 3.76. The first-order valence-electron chi connectivity index (χ1n) is 10.2. The van der Waals surface area contributed by atoms with Gasteiger partial charge in [-0.05, 0) is 30.2 Å². The molecule has 0 spiro atoms. The Labute approximate surface area is 181 Å². The zero-order valence-corrected chi connectivity index (χ0v) is 17.7. The standard InChI is InChI=1S/C24H26N6O/c1-18-26-11-12-30(18)16-20-8-6-7-19(13-20)14-27-24(25-2)28-15-22-17-31-23(29-22)21-9-4-3-5-10-21/h3-13,17H,14-16H2,1-2H3,(H2,25,27,28). The number of oxazole rings is 1. The van der Waals surface area contributed by atoms with Crippen molar-refractivity contribution in [3.8, 4) is 11.5 Å². The van der Waals surface area contributed by atoms with Crippen LogP contribution in [0, 0.1) is 6.92 Å². The first-order valence-corrected chi connectivity index (χ1v) is 10.2. The Morgan fingerprint density at radius 3 is 2.61 bits per heavy atom. The Morgan fingerprint density at radius 1 is 1.03 bits per heavy atom. The number of benzene rings is 2. The molecular weight excluding hydrogens is 388 g/mol. The summed E-state index contributed by atoms with van der Waals surface area (Å²) in [5.41, 5.74) is 4.20. The van der Waals surface area contributed by atoms with Crippen molar-refractivity contribution in [2.75, 3.05) is 7.05 Å². The Bertz CT molecular complexity index is 1150. The van der Waals surface area contributed by atoms with Gasteiger partial charge in [0, 0.05) is 38.1 Å². The molecule has 0 amide bonds. The van der Waals surface area contributed by atoms with E-state index >= 15 is 0 Å². The van der Waals surface area contributed by atoms with E-state index in [1.807, 2.05) is 49.6 Å². The summed E-state index contributed by atoms with van der Waals surface area (Å²) in [6.45, 7) is 4.02. The van der Waals surface area contributed by atoms with Crippen LogP contribution in [0.15, 0.2) is 82.7 Å². The molecule has 0 unspecified atom stereocenters. The van der Waals surface area contributed by atoms with Crippen LogP contribution in [0.25, 0.3) is 11.5 Å². The molecule has 4 aromatic rings. The molecule has 0 saturated heterocycles. The molecule has 0 fully saturated rings. The number of imidazole rings is 1. The lowest BCUT2D eigenvalue weighted by Gasteiger charge is -2.12. The molecule has 0 aliphatic heterocycles. The number of aromatic nitrogens is 3. The number of guanidine groups is 1. The van der Waals surface area contributed by atoms with Crippen molar-refractivity contribution in [2.24, 2.45) is 4.99 Å². The maximum absolute atomic E-state index is 5.59. The topological polar surface area (TPSA) is 80.3 Å². The van der Waals surface area contributed by atoms with E-state index in [0.29, 0.717) is 24.9 Å². The number of aryl methyl sites for hydroxylation is 1. The van der Waals surface area contributed by atoms with Gasteiger partial charge in [0.15, 0.2) is 5.96 Å². The third-order valence-corrected chi connectivity index (χ3v) is 4.96. The number of hydrogen-bond acceptors (Lipinski definition) is 4. The van der Waals surface area contributed by atoms with Crippen molar-refractivity contribution in [3.05, 3.63) is 95.9 Å². The number of nitrogens with one attached hydrogen (secondary N) is 2. The Hall–Kier alpha value is -3.87. The summed E-state index contributed by atoms with van der Waals surface area (Å²) >= 11 is 0. The van der Waals surface area contributed by atoms with Gasteiger partial charge in [-0.1, -0.05) is 42.5 Å². The van der Waals surface area contributed by atoms with Crippen molar-refractivity contribution in [3.63, 3.8) is 0 Å². The van der Waals surface area contributed by atoms with Crippen molar-refractivity contribution in [2.45, 2.75) is 26.6 Å². The van der Waals surface area contributed by atoms with Gasteiger partial charge in [-0.25, -0.2) is 9.97 Å². The molecule has 0 bridgehead atoms. The van der Waals surface area contributed by atoms with Crippen LogP contribution >= 0.6 is 0 Å². The minimum Gasteiger partial charge on any atom is -0.444 e. The fourth-order valence-electron chi connectivity index (χ4n) is 3.29. The summed E-state index contributed by atoms with van der Waals surface area (Å²) in [7, 11) is 1.76. The van der Waals surface area contributed by atoms with Gasteiger partial charge in [-0.15, -0.1) is 0 Å². The van der Waals surface area contributed by atoms with Crippen LogP contribution < -0.4 is 10.6 Å². The lowest BCUT2D eigenvalue weighted by atomic mass is 10.1. The van der Waals surface area contributed by atoms with Crippen LogP contribution in [0.5, 0.6) is 0 Å². The SMILES string of the molecule is CN=C(NCc1cccc(Cn2ccnc2C)c1)NCc1coc(-c2ccccc2)n1. The van der Waals surface area contributed by atoms with E-state index in [9.17, 15) is 0 Å². The number of aliphatic imine (C=N–C) groups is 1. The van der Waals surface area contributed by atoms with Crippen molar-refractivity contribution in [1.29, 1.82) is 0 Å². The third-order valence-electron chi connectivity index (χ3n) is 4.96. The molecule has 2 N–H and O–H groups in total. The molecule has 0 saturated carbocycles. The quantitative estimate of drug-likeness (QED) is 0.356. The van der Waals surface area contributed by atoms with Crippen LogP contribution in [-0.4, -0.2) is 27.5 Å². The van der Waals surface area contributed by atoms with E-state index in [1.54, 1.807) is 13.3 Å². The summed E-state index contributed by atoms with van der Waals surface area (Å²) < 4.78 is 7.73. The van der Waals surface area contributed by atoms with Gasteiger partial charge in [0.1, 0.15) is 12.1 Å². The van der Waals surface area contributed by atoms with Crippen LogP contribution in [0.3, 0.4) is 0 Å². The lowest BCUT2D eigenvalue weighted by Crippen LogP contribution is -2.36. The van der Waals surface area contributed by atoms with Crippen molar-refractivity contribution in [1.82, 2.24) is 25.2 Å². The highest BCUT2D eigenvalue weighted by molar-refractivity contribution is 5.79.